The fourth-order valence-corrected chi connectivity index (χ4v) is 4.44. The molecule has 1 aliphatic heterocycles. The van der Waals surface area contributed by atoms with Gasteiger partial charge in [0, 0.05) is 38.1 Å². The van der Waals surface area contributed by atoms with Crippen molar-refractivity contribution in [2.75, 3.05) is 25.2 Å². The second-order valence-corrected chi connectivity index (χ2v) is 9.12. The fourth-order valence-electron chi connectivity index (χ4n) is 4.44. The number of aromatic nitrogens is 4. The van der Waals surface area contributed by atoms with E-state index in [4.69, 9.17) is 14.7 Å². The Balaban J connectivity index is 1.62. The minimum Gasteiger partial charge on any atom is -0.381 e. The number of ether oxygens (including phenoxy) is 1. The van der Waals surface area contributed by atoms with Gasteiger partial charge in [0.25, 0.3) is 0 Å². The number of H-pyrrole nitrogens is 1. The normalized spacial score (nSPS) is 16.4. The number of nitrogens with one attached hydrogen (secondary N) is 1. The molecule has 4 rings (SSSR count). The minimum absolute atomic E-state index is 0.109. The van der Waals surface area contributed by atoms with Crippen molar-refractivity contribution in [2.45, 2.75) is 39.5 Å². The molecule has 0 bridgehead atoms. The van der Waals surface area contributed by atoms with E-state index in [2.05, 4.69) is 42.9 Å². The molecule has 1 fully saturated rings. The van der Waals surface area contributed by atoms with Gasteiger partial charge in [0.15, 0.2) is 5.82 Å². The number of hydrogen-bond donors (Lipinski definition) is 1. The molecular weight excluding hydrogens is 374 g/mol. The van der Waals surface area contributed by atoms with Crippen molar-refractivity contribution in [3.05, 3.63) is 54.7 Å². The van der Waals surface area contributed by atoms with Crippen LogP contribution in [0.4, 0.5) is 11.5 Å². The number of hydrogen-bond acceptors (Lipinski definition) is 5. The van der Waals surface area contributed by atoms with Crippen LogP contribution < -0.4 is 4.90 Å². The molecule has 1 N–H and O–H groups in total. The van der Waals surface area contributed by atoms with Gasteiger partial charge in [-0.2, -0.15) is 0 Å². The van der Waals surface area contributed by atoms with Crippen molar-refractivity contribution in [3.63, 3.8) is 0 Å². The standard InChI is InChI=1S/C24H31N5O/c1-24(2,3)22(17-10-12-30-13-11-17)23-26-15-20(28-23)19-14-25-16-21(27-19)29(4)18-8-6-5-7-9-18/h5-9,14-17,22H,10-13H2,1-4H3,(H,26,28). The molecule has 0 radical (unpaired) electrons. The van der Waals surface area contributed by atoms with E-state index in [9.17, 15) is 0 Å². The van der Waals surface area contributed by atoms with Crippen LogP contribution in [0.1, 0.15) is 45.4 Å². The number of rotatable bonds is 5. The smallest absolute Gasteiger partial charge is 0.152 e. The first kappa shape index (κ1) is 20.5. The molecule has 0 spiro atoms. The Bertz CT molecular complexity index is 957. The highest BCUT2D eigenvalue weighted by Gasteiger charge is 2.36. The molecule has 6 heteroatoms. The molecule has 158 valence electrons. The molecular formula is C24H31N5O. The second kappa shape index (κ2) is 8.56. The summed E-state index contributed by atoms with van der Waals surface area (Å²) in [5.74, 6) is 2.74. The summed E-state index contributed by atoms with van der Waals surface area (Å²) in [5.41, 5.74) is 2.79. The number of nitrogens with zero attached hydrogens (tertiary/aromatic N) is 4. The largest absolute Gasteiger partial charge is 0.381 e. The van der Waals surface area contributed by atoms with Crippen molar-refractivity contribution in [1.29, 1.82) is 0 Å². The number of benzene rings is 1. The predicted molar refractivity (Wildman–Crippen MR) is 120 cm³/mol. The first-order valence-electron chi connectivity index (χ1n) is 10.7. The van der Waals surface area contributed by atoms with Crippen LogP contribution >= 0.6 is 0 Å². The molecule has 1 atom stereocenters. The molecule has 1 saturated heterocycles. The Morgan fingerprint density at radius 1 is 1.03 bits per heavy atom. The maximum Gasteiger partial charge on any atom is 0.152 e. The Hall–Kier alpha value is -2.73. The highest BCUT2D eigenvalue weighted by molar-refractivity contribution is 5.61. The van der Waals surface area contributed by atoms with Crippen molar-refractivity contribution in [2.24, 2.45) is 11.3 Å². The summed E-state index contributed by atoms with van der Waals surface area (Å²) in [6.45, 7) is 8.56. The van der Waals surface area contributed by atoms with Crippen LogP contribution in [0.3, 0.4) is 0 Å². The summed E-state index contributed by atoms with van der Waals surface area (Å²) in [6.07, 6.45) is 7.68. The molecule has 1 aromatic carbocycles. The third kappa shape index (κ3) is 4.38. The summed E-state index contributed by atoms with van der Waals surface area (Å²) in [4.78, 5) is 19.7. The quantitative estimate of drug-likeness (QED) is 0.633. The molecule has 0 amide bonds. The lowest BCUT2D eigenvalue weighted by atomic mass is 9.70. The molecule has 1 aliphatic rings. The maximum absolute atomic E-state index is 5.59. The summed E-state index contributed by atoms with van der Waals surface area (Å²) in [5, 5.41) is 0. The van der Waals surface area contributed by atoms with Gasteiger partial charge in [-0.1, -0.05) is 39.0 Å². The van der Waals surface area contributed by atoms with Gasteiger partial charge in [0.2, 0.25) is 0 Å². The third-order valence-electron chi connectivity index (χ3n) is 5.93. The van der Waals surface area contributed by atoms with E-state index >= 15 is 0 Å². The van der Waals surface area contributed by atoms with Gasteiger partial charge in [0.05, 0.1) is 12.4 Å². The van der Waals surface area contributed by atoms with E-state index in [0.717, 1.165) is 54.8 Å². The van der Waals surface area contributed by atoms with Crippen LogP contribution in [0.2, 0.25) is 0 Å². The average molecular weight is 406 g/mol. The monoisotopic (exact) mass is 405 g/mol. The first-order valence-corrected chi connectivity index (χ1v) is 10.7. The van der Waals surface area contributed by atoms with E-state index in [-0.39, 0.29) is 5.41 Å². The van der Waals surface area contributed by atoms with E-state index in [0.29, 0.717) is 11.8 Å². The summed E-state index contributed by atoms with van der Waals surface area (Å²) < 4.78 is 5.59. The van der Waals surface area contributed by atoms with Crippen LogP contribution in [0, 0.1) is 11.3 Å². The van der Waals surface area contributed by atoms with E-state index in [1.54, 1.807) is 12.4 Å². The Morgan fingerprint density at radius 2 is 1.77 bits per heavy atom. The minimum atomic E-state index is 0.109. The lowest BCUT2D eigenvalue weighted by Crippen LogP contribution is -2.31. The summed E-state index contributed by atoms with van der Waals surface area (Å²) in [7, 11) is 2.00. The highest BCUT2D eigenvalue weighted by Crippen LogP contribution is 2.43. The zero-order valence-electron chi connectivity index (χ0n) is 18.3. The second-order valence-electron chi connectivity index (χ2n) is 9.12. The molecule has 1 unspecified atom stereocenters. The van der Waals surface area contributed by atoms with Gasteiger partial charge >= 0.3 is 0 Å². The van der Waals surface area contributed by atoms with Gasteiger partial charge in [-0.15, -0.1) is 0 Å². The van der Waals surface area contributed by atoms with Crippen LogP contribution in [-0.2, 0) is 4.74 Å². The molecule has 6 nitrogen and oxygen atoms in total. The third-order valence-corrected chi connectivity index (χ3v) is 5.93. The molecule has 2 aromatic heterocycles. The van der Waals surface area contributed by atoms with E-state index in [1.807, 2.05) is 36.3 Å². The predicted octanol–water partition coefficient (Wildman–Crippen LogP) is 5.19. The highest BCUT2D eigenvalue weighted by atomic mass is 16.5. The van der Waals surface area contributed by atoms with E-state index < -0.39 is 0 Å². The van der Waals surface area contributed by atoms with Crippen LogP contribution in [-0.4, -0.2) is 40.2 Å². The number of imidazole rings is 1. The molecule has 3 aromatic rings. The SMILES string of the molecule is CN(c1ccccc1)c1cncc(-c2c[nH]c(C(C3CCOCC3)C(C)(C)C)n2)n1. The summed E-state index contributed by atoms with van der Waals surface area (Å²) >= 11 is 0. The van der Waals surface area contributed by atoms with Gasteiger partial charge in [-0.25, -0.2) is 9.97 Å². The van der Waals surface area contributed by atoms with Crippen LogP contribution in [0.5, 0.6) is 0 Å². The number of anilines is 2. The fraction of sp³-hybridized carbons (Fsp3) is 0.458. The van der Waals surface area contributed by atoms with E-state index in [1.165, 1.54) is 0 Å². The lowest BCUT2D eigenvalue weighted by molar-refractivity contribution is 0.0404. The number of aromatic amines is 1. The Morgan fingerprint density at radius 3 is 2.47 bits per heavy atom. The number of para-hydroxylation sites is 1. The van der Waals surface area contributed by atoms with Crippen molar-refractivity contribution in [3.8, 4) is 11.4 Å². The van der Waals surface area contributed by atoms with Crippen LogP contribution in [0.15, 0.2) is 48.9 Å². The maximum atomic E-state index is 5.59. The zero-order chi connectivity index (χ0) is 21.1. The van der Waals surface area contributed by atoms with Gasteiger partial charge in [0.1, 0.15) is 17.2 Å². The van der Waals surface area contributed by atoms with Gasteiger partial charge < -0.3 is 14.6 Å². The van der Waals surface area contributed by atoms with Gasteiger partial charge in [-0.05, 0) is 36.3 Å². The lowest BCUT2D eigenvalue weighted by Gasteiger charge is -2.37. The van der Waals surface area contributed by atoms with Crippen molar-refractivity contribution >= 4 is 11.5 Å². The zero-order valence-corrected chi connectivity index (χ0v) is 18.3. The topological polar surface area (TPSA) is 66.9 Å². The van der Waals surface area contributed by atoms with Crippen molar-refractivity contribution in [1.82, 2.24) is 19.9 Å². The van der Waals surface area contributed by atoms with Crippen molar-refractivity contribution < 1.29 is 4.74 Å². The van der Waals surface area contributed by atoms with Crippen LogP contribution in [0.25, 0.3) is 11.4 Å². The van der Waals surface area contributed by atoms with Gasteiger partial charge in [-0.3, -0.25) is 4.98 Å². The first-order chi connectivity index (χ1) is 14.4. The summed E-state index contributed by atoms with van der Waals surface area (Å²) in [6, 6.07) is 10.2. The molecule has 30 heavy (non-hydrogen) atoms. The molecule has 3 heterocycles. The Kier molecular flexibility index (Phi) is 5.86. The Labute approximate surface area is 178 Å². The molecule has 0 saturated carbocycles. The molecule has 0 aliphatic carbocycles. The average Bonchev–Trinajstić information content (AvgIpc) is 3.23.